The van der Waals surface area contributed by atoms with Crippen LogP contribution in [0, 0.1) is 5.92 Å². The monoisotopic (exact) mass is 333 g/mol. The number of anilines is 1. The summed E-state index contributed by atoms with van der Waals surface area (Å²) in [6.45, 7) is 3.62. The molecule has 1 amide bonds. The van der Waals surface area contributed by atoms with Gasteiger partial charge in [0.25, 0.3) is 0 Å². The number of ether oxygens (including phenoxy) is 1. The topological polar surface area (TPSA) is 77.2 Å². The molecule has 0 aliphatic rings. The lowest BCUT2D eigenvalue weighted by Gasteiger charge is -2.13. The molecule has 1 atom stereocenters. The van der Waals surface area contributed by atoms with Crippen molar-refractivity contribution in [2.24, 2.45) is 11.7 Å². The fourth-order valence-corrected chi connectivity index (χ4v) is 2.50. The lowest BCUT2D eigenvalue weighted by Crippen LogP contribution is -2.39. The summed E-state index contributed by atoms with van der Waals surface area (Å²) < 4.78 is 41.0. The van der Waals surface area contributed by atoms with Crippen LogP contribution in [0.4, 0.5) is 18.3 Å². The third-order valence-electron chi connectivity index (χ3n) is 2.84. The summed E-state index contributed by atoms with van der Waals surface area (Å²) >= 11 is 1.15. The van der Waals surface area contributed by atoms with Crippen LogP contribution < -0.4 is 15.8 Å². The summed E-state index contributed by atoms with van der Waals surface area (Å²) in [5.74, 6) is -0.788. The Balaban J connectivity index is 2.18. The van der Waals surface area contributed by atoms with Crippen molar-refractivity contribution in [3.05, 3.63) is 18.2 Å². The SMILES string of the molecule is CC(C)C(N)C(=O)Nc1nc2cc(OC(F)(F)F)ccc2s1. The Hall–Kier alpha value is -1.87. The largest absolute Gasteiger partial charge is 0.573 e. The average molecular weight is 333 g/mol. The minimum Gasteiger partial charge on any atom is -0.406 e. The lowest BCUT2D eigenvalue weighted by molar-refractivity contribution is -0.274. The number of amides is 1. The molecule has 120 valence electrons. The van der Waals surface area contributed by atoms with Gasteiger partial charge in [0, 0.05) is 6.07 Å². The highest BCUT2D eigenvalue weighted by Gasteiger charge is 2.31. The molecule has 3 N–H and O–H groups in total. The van der Waals surface area contributed by atoms with Crippen molar-refractivity contribution in [1.82, 2.24) is 4.98 Å². The molecule has 2 aromatic rings. The molecule has 0 bridgehead atoms. The molecule has 1 aromatic heterocycles. The zero-order valence-corrected chi connectivity index (χ0v) is 12.6. The van der Waals surface area contributed by atoms with Crippen LogP contribution in [0.25, 0.3) is 10.2 Å². The first-order valence-electron chi connectivity index (χ1n) is 6.38. The number of hydrogen-bond acceptors (Lipinski definition) is 5. The normalized spacial score (nSPS) is 13.4. The van der Waals surface area contributed by atoms with Gasteiger partial charge in [0.15, 0.2) is 5.13 Å². The van der Waals surface area contributed by atoms with E-state index < -0.39 is 12.4 Å². The number of nitrogens with two attached hydrogens (primary N) is 1. The number of hydrogen-bond donors (Lipinski definition) is 2. The predicted octanol–water partition coefficient (Wildman–Crippen LogP) is 3.12. The summed E-state index contributed by atoms with van der Waals surface area (Å²) in [5, 5.41) is 2.84. The van der Waals surface area contributed by atoms with Crippen LogP contribution in [0.2, 0.25) is 0 Å². The van der Waals surface area contributed by atoms with Gasteiger partial charge in [-0.2, -0.15) is 0 Å². The number of thiazole rings is 1. The van der Waals surface area contributed by atoms with E-state index in [9.17, 15) is 18.0 Å². The molecular weight excluding hydrogens is 319 g/mol. The van der Waals surface area contributed by atoms with E-state index in [0.29, 0.717) is 10.2 Å². The Morgan fingerprint density at radius 1 is 1.41 bits per heavy atom. The Bertz CT molecular complexity index is 685. The van der Waals surface area contributed by atoms with Crippen molar-refractivity contribution in [1.29, 1.82) is 0 Å². The highest BCUT2D eigenvalue weighted by atomic mass is 32.1. The smallest absolute Gasteiger partial charge is 0.406 e. The second kappa shape index (κ2) is 6.09. The maximum Gasteiger partial charge on any atom is 0.573 e. The number of rotatable bonds is 4. The Labute approximate surface area is 128 Å². The molecule has 0 aliphatic heterocycles. The number of carbonyl (C=O) groups is 1. The van der Waals surface area contributed by atoms with Crippen LogP contribution in [-0.4, -0.2) is 23.3 Å². The molecule has 0 fully saturated rings. The van der Waals surface area contributed by atoms with Gasteiger partial charge >= 0.3 is 6.36 Å². The number of nitrogens with one attached hydrogen (secondary N) is 1. The van der Waals surface area contributed by atoms with Crippen LogP contribution in [0.1, 0.15) is 13.8 Å². The summed E-state index contributed by atoms with van der Waals surface area (Å²) in [6, 6.07) is 3.12. The second-order valence-corrected chi connectivity index (χ2v) is 5.99. The quantitative estimate of drug-likeness (QED) is 0.901. The van der Waals surface area contributed by atoms with Crippen molar-refractivity contribution in [2.75, 3.05) is 5.32 Å². The third-order valence-corrected chi connectivity index (χ3v) is 3.80. The number of aromatic nitrogens is 1. The Kier molecular flexibility index (Phi) is 4.57. The molecule has 0 saturated heterocycles. The minimum atomic E-state index is -4.76. The van der Waals surface area contributed by atoms with Gasteiger partial charge in [-0.3, -0.25) is 4.79 Å². The molecule has 1 heterocycles. The minimum absolute atomic E-state index is 0.0406. The van der Waals surface area contributed by atoms with Crippen LogP contribution in [-0.2, 0) is 4.79 Å². The van der Waals surface area contributed by atoms with Crippen molar-refractivity contribution in [3.63, 3.8) is 0 Å². The van der Waals surface area contributed by atoms with Gasteiger partial charge in [-0.15, -0.1) is 13.2 Å². The summed E-state index contributed by atoms with van der Waals surface area (Å²) in [6.07, 6.45) is -4.76. The number of fused-ring (bicyclic) bond motifs is 1. The molecule has 9 heteroatoms. The summed E-state index contributed by atoms with van der Waals surface area (Å²) in [4.78, 5) is 15.9. The summed E-state index contributed by atoms with van der Waals surface area (Å²) in [7, 11) is 0. The molecule has 0 saturated carbocycles. The highest BCUT2D eigenvalue weighted by molar-refractivity contribution is 7.22. The predicted molar refractivity (Wildman–Crippen MR) is 77.7 cm³/mol. The molecule has 0 aliphatic carbocycles. The zero-order valence-electron chi connectivity index (χ0n) is 11.8. The molecule has 2 rings (SSSR count). The lowest BCUT2D eigenvalue weighted by atomic mass is 10.1. The number of carbonyl (C=O) groups excluding carboxylic acids is 1. The average Bonchev–Trinajstić information content (AvgIpc) is 2.77. The molecule has 0 radical (unpaired) electrons. The molecule has 1 aromatic carbocycles. The molecular formula is C13H14F3N3O2S. The van der Waals surface area contributed by atoms with E-state index in [-0.39, 0.29) is 22.7 Å². The Morgan fingerprint density at radius 2 is 2.09 bits per heavy atom. The molecule has 5 nitrogen and oxygen atoms in total. The van der Waals surface area contributed by atoms with Gasteiger partial charge in [-0.25, -0.2) is 4.98 Å². The van der Waals surface area contributed by atoms with E-state index in [1.54, 1.807) is 0 Å². The van der Waals surface area contributed by atoms with Crippen molar-refractivity contribution in [3.8, 4) is 5.75 Å². The van der Waals surface area contributed by atoms with E-state index in [4.69, 9.17) is 5.73 Å². The van der Waals surface area contributed by atoms with Gasteiger partial charge in [-0.1, -0.05) is 25.2 Å². The number of nitrogens with zero attached hydrogens (tertiary/aromatic N) is 1. The van der Waals surface area contributed by atoms with E-state index in [2.05, 4.69) is 15.0 Å². The van der Waals surface area contributed by atoms with E-state index in [0.717, 1.165) is 17.4 Å². The first-order valence-corrected chi connectivity index (χ1v) is 7.20. The van der Waals surface area contributed by atoms with Gasteiger partial charge in [0.1, 0.15) is 5.75 Å². The Morgan fingerprint density at radius 3 is 2.68 bits per heavy atom. The summed E-state index contributed by atoms with van der Waals surface area (Å²) in [5.41, 5.74) is 6.02. The molecule has 1 unspecified atom stereocenters. The number of halogens is 3. The fourth-order valence-electron chi connectivity index (χ4n) is 1.65. The van der Waals surface area contributed by atoms with Crippen LogP contribution in [0.15, 0.2) is 18.2 Å². The molecule has 0 spiro atoms. The van der Waals surface area contributed by atoms with Gasteiger partial charge in [-0.05, 0) is 18.1 Å². The van der Waals surface area contributed by atoms with E-state index in [1.165, 1.54) is 12.1 Å². The molecule has 22 heavy (non-hydrogen) atoms. The van der Waals surface area contributed by atoms with Crippen LogP contribution in [0.5, 0.6) is 5.75 Å². The van der Waals surface area contributed by atoms with Crippen molar-refractivity contribution in [2.45, 2.75) is 26.3 Å². The third kappa shape index (κ3) is 4.08. The van der Waals surface area contributed by atoms with Gasteiger partial charge < -0.3 is 15.8 Å². The second-order valence-electron chi connectivity index (χ2n) is 4.96. The number of alkyl halides is 3. The fraction of sp³-hybridized carbons (Fsp3) is 0.385. The maximum atomic E-state index is 12.2. The maximum absolute atomic E-state index is 12.2. The zero-order chi connectivity index (χ0) is 16.5. The number of benzene rings is 1. The van der Waals surface area contributed by atoms with Gasteiger partial charge in [0.05, 0.1) is 16.3 Å². The van der Waals surface area contributed by atoms with Crippen molar-refractivity contribution >= 4 is 32.6 Å². The van der Waals surface area contributed by atoms with Crippen LogP contribution >= 0.6 is 11.3 Å². The van der Waals surface area contributed by atoms with E-state index in [1.807, 2.05) is 13.8 Å². The van der Waals surface area contributed by atoms with Crippen LogP contribution in [0.3, 0.4) is 0 Å². The van der Waals surface area contributed by atoms with Crippen molar-refractivity contribution < 1.29 is 22.7 Å². The van der Waals surface area contributed by atoms with Gasteiger partial charge in [0.2, 0.25) is 5.91 Å². The first-order chi connectivity index (χ1) is 10.2. The highest BCUT2D eigenvalue weighted by Crippen LogP contribution is 2.31. The van der Waals surface area contributed by atoms with E-state index >= 15 is 0 Å². The first kappa shape index (κ1) is 16.5. The standard InChI is InChI=1S/C13H14F3N3O2S/c1-6(2)10(17)11(20)19-12-18-8-5-7(21-13(14,15)16)3-4-9(8)22-12/h3-6,10H,17H2,1-2H3,(H,18,19,20).